The molecule has 0 amide bonds. The molecule has 2 fully saturated rings. The molecule has 3 aromatic rings. The van der Waals surface area contributed by atoms with Crippen molar-refractivity contribution in [2.24, 2.45) is 0 Å². The lowest BCUT2D eigenvalue weighted by Crippen LogP contribution is -2.34. The van der Waals surface area contributed by atoms with Crippen molar-refractivity contribution in [1.29, 1.82) is 0 Å². The van der Waals surface area contributed by atoms with Crippen LogP contribution < -0.4 is 4.74 Å². The van der Waals surface area contributed by atoms with Crippen LogP contribution in [0.5, 0.6) is 6.01 Å². The van der Waals surface area contributed by atoms with Crippen molar-refractivity contribution in [3.8, 4) is 17.3 Å². The second kappa shape index (κ2) is 7.38. The van der Waals surface area contributed by atoms with Crippen molar-refractivity contribution >= 4 is 45.4 Å². The van der Waals surface area contributed by atoms with E-state index in [0.717, 1.165) is 15.7 Å². The summed E-state index contributed by atoms with van der Waals surface area (Å²) in [5, 5.41) is 10.3. The molecule has 0 aliphatic carbocycles. The Morgan fingerprint density at radius 2 is 2.11 bits per heavy atom. The Morgan fingerprint density at radius 3 is 2.89 bits per heavy atom. The van der Waals surface area contributed by atoms with Gasteiger partial charge in [0.1, 0.15) is 18.3 Å². The van der Waals surface area contributed by atoms with Gasteiger partial charge in [-0.3, -0.25) is 4.98 Å². The van der Waals surface area contributed by atoms with Gasteiger partial charge in [0.05, 0.1) is 35.1 Å². The highest BCUT2D eigenvalue weighted by Crippen LogP contribution is 2.32. The summed E-state index contributed by atoms with van der Waals surface area (Å²) in [6.45, 7) is 0.581. The summed E-state index contributed by atoms with van der Waals surface area (Å²) in [5.41, 5.74) is 3.60. The maximum absolute atomic E-state index is 9.84. The van der Waals surface area contributed by atoms with Crippen LogP contribution in [0.15, 0.2) is 24.4 Å². The summed E-state index contributed by atoms with van der Waals surface area (Å²) in [7, 11) is 0. The number of ether oxygens (including phenoxy) is 3. The Morgan fingerprint density at radius 1 is 1.25 bits per heavy atom. The molecule has 8 nitrogen and oxygen atoms in total. The highest BCUT2D eigenvalue weighted by molar-refractivity contribution is 14.1. The molecule has 2 saturated heterocycles. The lowest BCUT2D eigenvalue weighted by atomic mass is 10.1. The van der Waals surface area contributed by atoms with Crippen LogP contribution in [0.1, 0.15) is 5.69 Å². The first-order valence-electron chi connectivity index (χ1n) is 8.78. The summed E-state index contributed by atoms with van der Waals surface area (Å²) in [6, 6.07) is 5.99. The van der Waals surface area contributed by atoms with E-state index >= 15 is 0 Å². The number of aromatic amines is 1. The fourth-order valence-corrected chi connectivity index (χ4v) is 4.20. The molecule has 2 aliphatic rings. The summed E-state index contributed by atoms with van der Waals surface area (Å²) < 4.78 is 17.9. The molecule has 2 N–H and O–H groups in total. The van der Waals surface area contributed by atoms with Crippen LogP contribution in [0.25, 0.3) is 22.4 Å². The lowest BCUT2D eigenvalue weighted by Gasteiger charge is -2.15. The van der Waals surface area contributed by atoms with Gasteiger partial charge in [0, 0.05) is 16.2 Å². The molecule has 2 aliphatic heterocycles. The van der Waals surface area contributed by atoms with E-state index < -0.39 is 6.10 Å². The van der Waals surface area contributed by atoms with Gasteiger partial charge in [0.15, 0.2) is 11.8 Å². The third-order valence-electron chi connectivity index (χ3n) is 4.88. The highest BCUT2D eigenvalue weighted by atomic mass is 127. The molecule has 10 heteroatoms. The first-order valence-corrected chi connectivity index (χ1v) is 10.7. The average Bonchev–Trinajstić information content (AvgIpc) is 3.38. The molecule has 5 rings (SSSR count). The topological polar surface area (TPSA) is 102 Å². The molecule has 0 aromatic carbocycles. The van der Waals surface area contributed by atoms with E-state index in [1.54, 1.807) is 12.3 Å². The van der Waals surface area contributed by atoms with E-state index in [-0.39, 0.29) is 24.9 Å². The highest BCUT2D eigenvalue weighted by Gasteiger charge is 2.48. The van der Waals surface area contributed by atoms with Gasteiger partial charge in [-0.15, -0.1) is 0 Å². The number of aliphatic hydroxyl groups is 1. The molecular formula is C18H16ClIN4O4. The van der Waals surface area contributed by atoms with Crippen LogP contribution in [-0.2, 0) is 13.9 Å². The molecule has 0 bridgehead atoms. The van der Waals surface area contributed by atoms with Crippen LogP contribution in [0, 0.1) is 0 Å². The Kier molecular flexibility index (Phi) is 4.87. The maximum atomic E-state index is 9.84. The van der Waals surface area contributed by atoms with Gasteiger partial charge in [-0.2, -0.15) is 4.98 Å². The minimum atomic E-state index is -0.621. The van der Waals surface area contributed by atoms with Crippen molar-refractivity contribution in [1.82, 2.24) is 19.9 Å². The van der Waals surface area contributed by atoms with Gasteiger partial charge in [0.2, 0.25) is 0 Å². The Bertz CT molecular complexity index is 1010. The van der Waals surface area contributed by atoms with Crippen LogP contribution >= 0.6 is 34.2 Å². The lowest BCUT2D eigenvalue weighted by molar-refractivity contribution is 0.00706. The number of hydrogen-bond acceptors (Lipinski definition) is 7. The minimum Gasteiger partial charge on any atom is -0.456 e. The van der Waals surface area contributed by atoms with E-state index in [0.29, 0.717) is 34.5 Å². The number of aromatic nitrogens is 4. The summed E-state index contributed by atoms with van der Waals surface area (Å²) in [6.07, 6.45) is 0.133. The SMILES string of the molecule is OC1CO[C@@H]2C(Oc3nc4nc(-c5ccc(CI)nc5)c(Cl)cc4[nH]3)CO[C@H]12. The molecule has 0 radical (unpaired) electrons. The van der Waals surface area contributed by atoms with Crippen LogP contribution in [0.3, 0.4) is 0 Å². The Balaban J connectivity index is 1.41. The minimum absolute atomic E-state index is 0.250. The molecule has 0 saturated carbocycles. The number of nitrogens with one attached hydrogen (secondary N) is 1. The fraction of sp³-hybridized carbons (Fsp3) is 0.389. The monoisotopic (exact) mass is 514 g/mol. The molecule has 146 valence electrons. The van der Waals surface area contributed by atoms with E-state index in [1.807, 2.05) is 12.1 Å². The van der Waals surface area contributed by atoms with Crippen LogP contribution in [0.2, 0.25) is 5.02 Å². The third kappa shape index (κ3) is 3.24. The van der Waals surface area contributed by atoms with Gasteiger partial charge in [-0.25, -0.2) is 4.98 Å². The predicted octanol–water partition coefficient (Wildman–Crippen LogP) is 2.51. The Hall–Kier alpha value is -1.53. The molecular weight excluding hydrogens is 499 g/mol. The van der Waals surface area contributed by atoms with Crippen molar-refractivity contribution in [2.45, 2.75) is 28.8 Å². The standard InChI is InChI=1S/C18H16ClIN4O4/c19-10-3-11-17(23-14(10)8-1-2-9(4-20)21-5-8)24-18(22-11)28-13-7-27-15-12(25)6-26-16(13)15/h1-3,5,12-13,15-16,25H,4,6-7H2,(H,22,23,24)/t12?,13?,15-,16-/m1/s1. The number of H-pyrrole nitrogens is 1. The summed E-state index contributed by atoms with van der Waals surface area (Å²) >= 11 is 8.70. The largest absolute Gasteiger partial charge is 0.456 e. The molecule has 4 atom stereocenters. The Labute approximate surface area is 178 Å². The number of nitrogens with zero attached hydrogens (tertiary/aromatic N) is 3. The molecule has 5 heterocycles. The van der Waals surface area contributed by atoms with E-state index in [1.165, 1.54) is 0 Å². The van der Waals surface area contributed by atoms with Gasteiger partial charge in [0.25, 0.3) is 6.01 Å². The smallest absolute Gasteiger partial charge is 0.296 e. The number of hydrogen-bond donors (Lipinski definition) is 2. The third-order valence-corrected chi connectivity index (χ3v) is 5.95. The summed E-state index contributed by atoms with van der Waals surface area (Å²) in [5.74, 6) is 0. The number of fused-ring (bicyclic) bond motifs is 2. The zero-order valence-electron chi connectivity index (χ0n) is 14.5. The molecule has 0 spiro atoms. The predicted molar refractivity (Wildman–Crippen MR) is 110 cm³/mol. The number of rotatable bonds is 4. The summed E-state index contributed by atoms with van der Waals surface area (Å²) in [4.78, 5) is 16.5. The van der Waals surface area contributed by atoms with Gasteiger partial charge < -0.3 is 24.3 Å². The second-order valence-corrected chi connectivity index (χ2v) is 7.89. The number of alkyl halides is 1. The van der Waals surface area contributed by atoms with Gasteiger partial charge in [-0.1, -0.05) is 34.2 Å². The molecule has 3 aromatic heterocycles. The molecule has 28 heavy (non-hydrogen) atoms. The van der Waals surface area contributed by atoms with E-state index in [9.17, 15) is 5.11 Å². The average molecular weight is 515 g/mol. The quantitative estimate of drug-likeness (QED) is 0.407. The number of halogens is 2. The number of aliphatic hydroxyl groups excluding tert-OH is 1. The van der Waals surface area contributed by atoms with Gasteiger partial charge >= 0.3 is 0 Å². The van der Waals surface area contributed by atoms with Crippen molar-refractivity contribution in [3.63, 3.8) is 0 Å². The second-order valence-electron chi connectivity index (χ2n) is 6.72. The number of imidazole rings is 1. The van der Waals surface area contributed by atoms with Crippen molar-refractivity contribution < 1.29 is 19.3 Å². The van der Waals surface area contributed by atoms with Crippen molar-refractivity contribution in [3.05, 3.63) is 35.1 Å². The van der Waals surface area contributed by atoms with Crippen molar-refractivity contribution in [2.75, 3.05) is 13.2 Å². The van der Waals surface area contributed by atoms with Crippen LogP contribution in [0.4, 0.5) is 0 Å². The normalized spacial score (nSPS) is 26.7. The maximum Gasteiger partial charge on any atom is 0.296 e. The number of pyridine rings is 2. The molecule has 2 unspecified atom stereocenters. The zero-order chi connectivity index (χ0) is 19.3. The fourth-order valence-electron chi connectivity index (χ4n) is 3.49. The van der Waals surface area contributed by atoms with Gasteiger partial charge in [-0.05, 0) is 18.2 Å². The van der Waals surface area contributed by atoms with E-state index in [4.69, 9.17) is 25.8 Å². The first-order chi connectivity index (χ1) is 13.6. The van der Waals surface area contributed by atoms with Crippen LogP contribution in [-0.4, -0.2) is 62.7 Å². The first kappa shape index (κ1) is 18.5. The van der Waals surface area contributed by atoms with E-state index in [2.05, 4.69) is 42.5 Å². The zero-order valence-corrected chi connectivity index (χ0v) is 17.4.